The Morgan fingerprint density at radius 2 is 0.978 bits per heavy atom. The summed E-state index contributed by atoms with van der Waals surface area (Å²) in [5.74, 6) is -3.18. The molecule has 0 spiro atoms. The van der Waals surface area contributed by atoms with E-state index in [1.807, 2.05) is 0 Å². The van der Waals surface area contributed by atoms with Crippen LogP contribution in [0.15, 0.2) is 49.1 Å². The van der Waals surface area contributed by atoms with E-state index in [0.29, 0.717) is 0 Å². The molecule has 0 saturated carbocycles. The predicted molar refractivity (Wildman–Crippen MR) is 190 cm³/mol. The van der Waals surface area contributed by atoms with Gasteiger partial charge in [-0.3, -0.25) is 0 Å². The van der Waals surface area contributed by atoms with Gasteiger partial charge in [-0.2, -0.15) is 0 Å². The van der Waals surface area contributed by atoms with Gasteiger partial charge in [0.25, 0.3) is 0 Å². The summed E-state index contributed by atoms with van der Waals surface area (Å²) < 4.78 is 5.78. The van der Waals surface area contributed by atoms with E-state index in [1.165, 1.54) is 147 Å². The highest BCUT2D eigenvalue weighted by Gasteiger charge is 2.05. The number of para-hydroxylation sites is 1. The molecule has 266 valence electrons. The Kier molecular flexibility index (Phi) is 41.0. The Morgan fingerprint density at radius 1 is 0.630 bits per heavy atom. The molecule has 1 rings (SSSR count). The average Bonchev–Trinajstić information content (AvgIpc) is 3.02. The van der Waals surface area contributed by atoms with E-state index in [-0.39, 0.29) is 11.3 Å². The van der Waals surface area contributed by atoms with Crippen LogP contribution in [0, 0.1) is 0 Å². The predicted octanol–water partition coefficient (Wildman–Crippen LogP) is 10.8. The lowest BCUT2D eigenvalue weighted by atomic mass is 10.1. The zero-order valence-electron chi connectivity index (χ0n) is 29.2. The van der Waals surface area contributed by atoms with Crippen LogP contribution in [0.4, 0.5) is 0 Å². The maximum absolute atomic E-state index is 10.3. The lowest BCUT2D eigenvalue weighted by Gasteiger charge is -2.05. The van der Waals surface area contributed by atoms with E-state index in [0.717, 1.165) is 25.4 Å². The number of carbonyl (C=O) groups is 3. The van der Waals surface area contributed by atoms with Gasteiger partial charge in [0.1, 0.15) is 11.3 Å². The summed E-state index contributed by atoms with van der Waals surface area (Å²) in [6.07, 6.45) is 31.5. The maximum atomic E-state index is 10.3. The molecular weight excluding hydrogens is 584 g/mol. The molecule has 4 N–H and O–H groups in total. The number of aliphatic carboxylic acids is 2. The summed E-state index contributed by atoms with van der Waals surface area (Å²) in [6.45, 7) is 11.2. The topological polar surface area (TPSA) is 141 Å². The van der Waals surface area contributed by atoms with Crippen LogP contribution in [0.2, 0.25) is 0 Å². The Labute approximate surface area is 280 Å². The zero-order valence-corrected chi connectivity index (χ0v) is 29.2. The number of ether oxygens (including phenoxy) is 1. The molecule has 8 nitrogen and oxygen atoms in total. The van der Waals surface area contributed by atoms with E-state index in [2.05, 4.69) is 20.4 Å². The van der Waals surface area contributed by atoms with Gasteiger partial charge in [-0.15, -0.1) is 0 Å². The number of phenols is 1. The molecule has 8 heteroatoms. The third-order valence-electron chi connectivity index (χ3n) is 6.90. The van der Waals surface area contributed by atoms with Crippen LogP contribution in [0.5, 0.6) is 5.75 Å². The van der Waals surface area contributed by atoms with Crippen LogP contribution >= 0.6 is 0 Å². The molecule has 0 bridgehead atoms. The normalized spacial score (nSPS) is 10.1. The van der Waals surface area contributed by atoms with Gasteiger partial charge in [0, 0.05) is 25.4 Å². The van der Waals surface area contributed by atoms with Gasteiger partial charge in [-0.05, 0) is 31.9 Å². The van der Waals surface area contributed by atoms with E-state index in [4.69, 9.17) is 25.2 Å². The number of benzene rings is 1. The minimum Gasteiger partial charge on any atom is -0.507 e. The smallest absolute Gasteiger partial charge is 0.339 e. The van der Waals surface area contributed by atoms with Crippen LogP contribution in [0.3, 0.4) is 0 Å². The quantitative estimate of drug-likeness (QED) is 0.0605. The number of rotatable bonds is 25. The molecule has 0 unspecified atom stereocenters. The van der Waals surface area contributed by atoms with Crippen LogP contribution in [0.1, 0.15) is 160 Å². The number of aromatic carboxylic acids is 1. The van der Waals surface area contributed by atoms with Crippen LogP contribution < -0.4 is 0 Å². The Balaban J connectivity index is -0.000000707. The molecule has 0 aliphatic carbocycles. The van der Waals surface area contributed by atoms with Crippen molar-refractivity contribution in [2.45, 2.75) is 149 Å². The fraction of sp³-hybridized carbons (Fsp3) is 0.658. The first kappa shape index (κ1) is 47.3. The molecule has 0 aliphatic rings. The molecule has 0 heterocycles. The summed E-state index contributed by atoms with van der Waals surface area (Å²) in [7, 11) is 0. The van der Waals surface area contributed by atoms with Crippen LogP contribution in [-0.4, -0.2) is 51.5 Å². The molecule has 0 aromatic heterocycles. The van der Waals surface area contributed by atoms with Crippen molar-refractivity contribution in [3.05, 3.63) is 54.6 Å². The number of hydrogen-bond acceptors (Lipinski definition) is 5. The zero-order chi connectivity index (χ0) is 35.1. The maximum Gasteiger partial charge on any atom is 0.339 e. The largest absolute Gasteiger partial charge is 0.507 e. The molecule has 0 radical (unpaired) electrons. The van der Waals surface area contributed by atoms with Crippen molar-refractivity contribution in [2.24, 2.45) is 0 Å². The van der Waals surface area contributed by atoms with Gasteiger partial charge in [0.05, 0.1) is 0 Å². The van der Waals surface area contributed by atoms with Crippen molar-refractivity contribution in [3.8, 4) is 5.75 Å². The summed E-state index contributed by atoms with van der Waals surface area (Å²) in [4.78, 5) is 29.0. The molecule has 46 heavy (non-hydrogen) atoms. The Hall–Kier alpha value is -3.13. The van der Waals surface area contributed by atoms with Gasteiger partial charge in [-0.25, -0.2) is 14.4 Å². The SMILES string of the molecule is C/C=C/C(=O)O.C=CC(=O)O.CCCCCCCCCCCCOCCCCCCCCCCCC.O=C(O)c1ccccc1O. The van der Waals surface area contributed by atoms with E-state index < -0.39 is 17.9 Å². The van der Waals surface area contributed by atoms with E-state index >= 15 is 0 Å². The van der Waals surface area contributed by atoms with Crippen molar-refractivity contribution in [3.63, 3.8) is 0 Å². The molecule has 0 fully saturated rings. The monoisotopic (exact) mass is 650 g/mol. The molecule has 0 aliphatic heterocycles. The molecule has 0 saturated heterocycles. The van der Waals surface area contributed by atoms with Gasteiger partial charge in [0.15, 0.2) is 0 Å². The lowest BCUT2D eigenvalue weighted by molar-refractivity contribution is -0.132. The van der Waals surface area contributed by atoms with Gasteiger partial charge in [0.2, 0.25) is 0 Å². The Bertz CT molecular complexity index is 844. The third-order valence-corrected chi connectivity index (χ3v) is 6.90. The Morgan fingerprint density at radius 3 is 1.22 bits per heavy atom. The molecular formula is C38H66O8. The molecule has 0 atom stereocenters. The van der Waals surface area contributed by atoms with Gasteiger partial charge < -0.3 is 25.2 Å². The first-order valence-electron chi connectivity index (χ1n) is 17.5. The first-order valence-corrected chi connectivity index (χ1v) is 17.5. The number of allylic oxidation sites excluding steroid dienone is 1. The third kappa shape index (κ3) is 43.0. The second-order valence-corrected chi connectivity index (χ2v) is 11.2. The van der Waals surface area contributed by atoms with Crippen LogP contribution in [0.25, 0.3) is 0 Å². The molecule has 0 amide bonds. The fourth-order valence-corrected chi connectivity index (χ4v) is 4.28. The average molecular weight is 651 g/mol. The molecule has 1 aromatic rings. The summed E-state index contributed by atoms with van der Waals surface area (Å²) >= 11 is 0. The van der Waals surface area contributed by atoms with E-state index in [9.17, 15) is 14.4 Å². The van der Waals surface area contributed by atoms with Gasteiger partial charge >= 0.3 is 17.9 Å². The number of aromatic hydroxyl groups is 1. The summed E-state index contributed by atoms with van der Waals surface area (Å²) in [5.41, 5.74) is -0.0671. The van der Waals surface area contributed by atoms with Crippen LogP contribution in [-0.2, 0) is 14.3 Å². The number of carboxylic acids is 3. The van der Waals surface area contributed by atoms with E-state index in [1.54, 1.807) is 19.1 Å². The second-order valence-electron chi connectivity index (χ2n) is 11.2. The highest BCUT2D eigenvalue weighted by Crippen LogP contribution is 2.14. The highest BCUT2D eigenvalue weighted by molar-refractivity contribution is 5.90. The minimum atomic E-state index is -1.11. The van der Waals surface area contributed by atoms with Crippen molar-refractivity contribution in [1.82, 2.24) is 0 Å². The van der Waals surface area contributed by atoms with Crippen molar-refractivity contribution >= 4 is 17.9 Å². The summed E-state index contributed by atoms with van der Waals surface area (Å²) in [6, 6.07) is 5.81. The standard InChI is InChI=1S/C24H50O.C7H6O3.C4H6O2.C3H4O2/c1-3-5-7-9-11-13-15-17-19-21-23-25-24-22-20-18-16-14-12-10-8-6-4-2;8-6-4-2-1-3-5(6)7(9)10;1-2-3-4(5)6;1-2-3(4)5/h3-24H2,1-2H3;1-4,8H,(H,9,10);2-3H,1H3,(H,5,6);2H,1H2,(H,4,5)/b;;3-2+;. The minimum absolute atomic E-state index is 0.0671. The number of hydrogen-bond donors (Lipinski definition) is 4. The summed E-state index contributed by atoms with van der Waals surface area (Å²) in [5, 5.41) is 32.7. The van der Waals surface area contributed by atoms with Crippen molar-refractivity contribution in [2.75, 3.05) is 13.2 Å². The number of carboxylic acid groups (broad SMARTS) is 3. The fourth-order valence-electron chi connectivity index (χ4n) is 4.28. The van der Waals surface area contributed by atoms with Gasteiger partial charge in [-0.1, -0.05) is 154 Å². The number of unbranched alkanes of at least 4 members (excludes halogenated alkanes) is 18. The second kappa shape index (κ2) is 39.9. The first-order chi connectivity index (χ1) is 22.2. The van der Waals surface area contributed by atoms with Crippen molar-refractivity contribution in [1.29, 1.82) is 0 Å². The van der Waals surface area contributed by atoms with Crippen molar-refractivity contribution < 1.29 is 39.5 Å². The molecule has 1 aromatic carbocycles. The lowest BCUT2D eigenvalue weighted by Crippen LogP contribution is -1.97. The highest BCUT2D eigenvalue weighted by atomic mass is 16.5.